The van der Waals surface area contributed by atoms with Gasteiger partial charge in [-0.1, -0.05) is 42.2 Å². The zero-order valence-corrected chi connectivity index (χ0v) is 14.9. The monoisotopic (exact) mass is 380 g/mol. The third-order valence-electron chi connectivity index (χ3n) is 4.22. The van der Waals surface area contributed by atoms with Crippen molar-refractivity contribution in [1.29, 1.82) is 0 Å². The van der Waals surface area contributed by atoms with Crippen LogP contribution in [0.5, 0.6) is 0 Å². The predicted molar refractivity (Wildman–Crippen MR) is 103 cm³/mol. The fourth-order valence-electron chi connectivity index (χ4n) is 2.70. The molecule has 0 nitrogen and oxygen atoms in total. The van der Waals surface area contributed by atoms with Crippen molar-refractivity contribution in [2.75, 3.05) is 0 Å². The van der Waals surface area contributed by atoms with Crippen molar-refractivity contribution in [1.82, 2.24) is 0 Å². The number of hydrogen-bond donors (Lipinski definition) is 0. The molecule has 0 amide bonds. The largest absolute Gasteiger partial charge is 0.205 e. The molecule has 3 aromatic carbocycles. The molecule has 0 unspecified atom stereocenters. The van der Waals surface area contributed by atoms with Gasteiger partial charge in [0, 0.05) is 5.56 Å². The first-order chi connectivity index (χ1) is 13.5. The van der Waals surface area contributed by atoms with E-state index in [-0.39, 0.29) is 5.56 Å². The van der Waals surface area contributed by atoms with E-state index in [0.29, 0.717) is 11.1 Å². The summed E-state index contributed by atoms with van der Waals surface area (Å²) in [5.74, 6) is 1.09. The van der Waals surface area contributed by atoms with Crippen LogP contribution in [0.15, 0.2) is 67.3 Å². The predicted octanol–water partition coefficient (Wildman–Crippen LogP) is 6.43. The second-order valence-electron chi connectivity index (χ2n) is 6.22. The summed E-state index contributed by atoms with van der Waals surface area (Å²) in [6.45, 7) is 3.68. The number of rotatable bonds is 4. The van der Waals surface area contributed by atoms with Gasteiger partial charge in [0.15, 0.2) is 11.6 Å². The number of hydrogen-bond acceptors (Lipinski definition) is 0. The molecule has 3 rings (SSSR count). The third kappa shape index (κ3) is 4.50. The first-order valence-electron chi connectivity index (χ1n) is 8.64. The maximum Gasteiger partial charge on any atom is 0.160 e. The Morgan fingerprint density at radius 3 is 2.00 bits per heavy atom. The van der Waals surface area contributed by atoms with Crippen molar-refractivity contribution in [3.63, 3.8) is 0 Å². The topological polar surface area (TPSA) is 0 Å². The molecule has 0 bridgehead atoms. The SMILES string of the molecule is C=CCCc1ccc(-c2cc(F)c(C#Cc3ccc(F)c(F)c3)c(F)c2)cc1. The molecule has 3 aromatic rings. The Balaban J connectivity index is 1.88. The van der Waals surface area contributed by atoms with Crippen LogP contribution in [0.3, 0.4) is 0 Å². The van der Waals surface area contributed by atoms with Gasteiger partial charge in [-0.15, -0.1) is 6.58 Å². The van der Waals surface area contributed by atoms with Gasteiger partial charge in [0.25, 0.3) is 0 Å². The average molecular weight is 380 g/mol. The molecule has 140 valence electrons. The van der Waals surface area contributed by atoms with Gasteiger partial charge in [0.1, 0.15) is 11.6 Å². The molecule has 0 saturated heterocycles. The highest BCUT2D eigenvalue weighted by molar-refractivity contribution is 5.65. The minimum Gasteiger partial charge on any atom is -0.205 e. The Morgan fingerprint density at radius 2 is 1.39 bits per heavy atom. The van der Waals surface area contributed by atoms with E-state index < -0.39 is 28.8 Å². The lowest BCUT2D eigenvalue weighted by Gasteiger charge is -2.06. The Hall–Kier alpha value is -3.32. The van der Waals surface area contributed by atoms with Crippen molar-refractivity contribution >= 4 is 0 Å². The van der Waals surface area contributed by atoms with Crippen LogP contribution in [0.25, 0.3) is 11.1 Å². The first kappa shape index (κ1) is 19.4. The smallest absolute Gasteiger partial charge is 0.160 e. The van der Waals surface area contributed by atoms with E-state index in [1.54, 1.807) is 12.1 Å². The molecule has 0 aliphatic heterocycles. The van der Waals surface area contributed by atoms with Gasteiger partial charge >= 0.3 is 0 Å². The normalized spacial score (nSPS) is 10.3. The summed E-state index contributed by atoms with van der Waals surface area (Å²) in [5.41, 5.74) is 1.88. The minimum absolute atomic E-state index is 0.122. The molecule has 28 heavy (non-hydrogen) atoms. The Morgan fingerprint density at radius 1 is 0.714 bits per heavy atom. The fourth-order valence-corrected chi connectivity index (χ4v) is 2.70. The van der Waals surface area contributed by atoms with E-state index in [2.05, 4.69) is 18.4 Å². The van der Waals surface area contributed by atoms with E-state index in [9.17, 15) is 17.6 Å². The second-order valence-corrected chi connectivity index (χ2v) is 6.22. The van der Waals surface area contributed by atoms with E-state index in [1.807, 2.05) is 18.2 Å². The van der Waals surface area contributed by atoms with Crippen LogP contribution >= 0.6 is 0 Å². The molecule has 0 heterocycles. The number of aryl methyl sites for hydroxylation is 1. The standard InChI is InChI=1S/C24H16F4/c1-2-3-4-16-5-9-18(10-6-16)19-14-22(26)20(23(27)15-19)11-7-17-8-12-21(25)24(28)13-17/h2,5-6,8-10,12-15H,1,3-4H2. The first-order valence-corrected chi connectivity index (χ1v) is 8.64. The van der Waals surface area contributed by atoms with Gasteiger partial charge in [-0.3, -0.25) is 0 Å². The minimum atomic E-state index is -1.07. The van der Waals surface area contributed by atoms with Crippen molar-refractivity contribution < 1.29 is 17.6 Å². The van der Waals surface area contributed by atoms with Crippen LogP contribution in [0, 0.1) is 35.1 Å². The summed E-state index contributed by atoms with van der Waals surface area (Å²) in [6.07, 6.45) is 3.54. The highest BCUT2D eigenvalue weighted by Crippen LogP contribution is 2.25. The number of benzene rings is 3. The van der Waals surface area contributed by atoms with Gasteiger partial charge in [0.2, 0.25) is 0 Å². The molecule has 0 spiro atoms. The number of allylic oxidation sites excluding steroid dienone is 1. The van der Waals surface area contributed by atoms with Crippen molar-refractivity contribution in [3.8, 4) is 23.0 Å². The molecule has 0 aromatic heterocycles. The van der Waals surface area contributed by atoms with E-state index in [4.69, 9.17) is 0 Å². The van der Waals surface area contributed by atoms with Crippen molar-refractivity contribution in [2.45, 2.75) is 12.8 Å². The van der Waals surface area contributed by atoms with E-state index in [0.717, 1.165) is 30.5 Å². The molecule has 0 N–H and O–H groups in total. The Bertz CT molecular complexity index is 1050. The average Bonchev–Trinajstić information content (AvgIpc) is 2.68. The van der Waals surface area contributed by atoms with Crippen LogP contribution in [-0.2, 0) is 6.42 Å². The maximum atomic E-state index is 14.4. The molecular weight excluding hydrogens is 364 g/mol. The molecule has 0 aliphatic rings. The summed E-state index contributed by atoms with van der Waals surface area (Å²) >= 11 is 0. The molecule has 0 atom stereocenters. The Labute approximate surface area is 161 Å². The van der Waals surface area contributed by atoms with E-state index in [1.165, 1.54) is 18.2 Å². The van der Waals surface area contributed by atoms with Gasteiger partial charge in [0.05, 0.1) is 5.56 Å². The van der Waals surface area contributed by atoms with Gasteiger partial charge in [-0.05, 0) is 59.9 Å². The summed E-state index contributed by atoms with van der Waals surface area (Å²) in [6, 6.07) is 12.9. The maximum absolute atomic E-state index is 14.4. The molecule has 0 saturated carbocycles. The summed E-state index contributed by atoms with van der Waals surface area (Å²) in [5, 5.41) is 0. The fraction of sp³-hybridized carbons (Fsp3) is 0.0833. The molecule has 0 aliphatic carbocycles. The summed E-state index contributed by atoms with van der Waals surface area (Å²) in [4.78, 5) is 0. The van der Waals surface area contributed by atoms with Gasteiger partial charge in [-0.2, -0.15) is 0 Å². The second kappa shape index (κ2) is 8.58. The molecule has 0 fully saturated rings. The highest BCUT2D eigenvalue weighted by Gasteiger charge is 2.11. The molecular formula is C24H16F4. The summed E-state index contributed by atoms with van der Waals surface area (Å²) < 4.78 is 54.9. The molecule has 4 heteroatoms. The van der Waals surface area contributed by atoms with Crippen LogP contribution < -0.4 is 0 Å². The lowest BCUT2D eigenvalue weighted by atomic mass is 10.00. The van der Waals surface area contributed by atoms with Crippen LogP contribution in [0.4, 0.5) is 17.6 Å². The van der Waals surface area contributed by atoms with Crippen LogP contribution in [0.1, 0.15) is 23.1 Å². The highest BCUT2D eigenvalue weighted by atomic mass is 19.2. The van der Waals surface area contributed by atoms with Crippen molar-refractivity contribution in [2.24, 2.45) is 0 Å². The third-order valence-corrected chi connectivity index (χ3v) is 4.22. The quantitative estimate of drug-likeness (QED) is 0.278. The van der Waals surface area contributed by atoms with E-state index >= 15 is 0 Å². The zero-order valence-electron chi connectivity index (χ0n) is 14.9. The molecule has 0 radical (unpaired) electrons. The van der Waals surface area contributed by atoms with Gasteiger partial charge in [-0.25, -0.2) is 17.6 Å². The van der Waals surface area contributed by atoms with Crippen LogP contribution in [-0.4, -0.2) is 0 Å². The van der Waals surface area contributed by atoms with Crippen molar-refractivity contribution in [3.05, 3.63) is 107 Å². The zero-order chi connectivity index (χ0) is 20.1. The summed E-state index contributed by atoms with van der Waals surface area (Å²) in [7, 11) is 0. The Kier molecular flexibility index (Phi) is 5.96. The number of halogens is 4. The van der Waals surface area contributed by atoms with Crippen LogP contribution in [0.2, 0.25) is 0 Å². The lowest BCUT2D eigenvalue weighted by molar-refractivity contribution is 0.508. The van der Waals surface area contributed by atoms with Gasteiger partial charge < -0.3 is 0 Å². The lowest BCUT2D eigenvalue weighted by Crippen LogP contribution is -1.93.